The highest BCUT2D eigenvalue weighted by Crippen LogP contribution is 2.41. The molecule has 2 amide bonds. The third kappa shape index (κ3) is 5.14. The fourth-order valence-corrected chi connectivity index (χ4v) is 4.50. The maximum absolute atomic E-state index is 13.1. The molecule has 1 saturated heterocycles. The van der Waals surface area contributed by atoms with Gasteiger partial charge in [-0.15, -0.1) is 0 Å². The molecule has 1 aromatic heterocycles. The maximum atomic E-state index is 13.1. The molecule has 178 valence electrons. The monoisotopic (exact) mass is 463 g/mol. The smallest absolute Gasteiger partial charge is 0.243 e. The number of Topliss-reactive ketones (excluding diaryl/α,β-unsaturated/α-hetero) is 1. The van der Waals surface area contributed by atoms with Crippen molar-refractivity contribution in [3.8, 4) is 0 Å². The Kier molecular flexibility index (Phi) is 7.02. The molecule has 4 rings (SSSR count). The first-order chi connectivity index (χ1) is 16.4. The highest BCUT2D eigenvalue weighted by atomic mass is 16.3. The van der Waals surface area contributed by atoms with Crippen molar-refractivity contribution in [3.05, 3.63) is 59.9 Å². The molecule has 4 N–H and O–H groups in total. The zero-order valence-electron chi connectivity index (χ0n) is 19.0. The van der Waals surface area contributed by atoms with Crippen LogP contribution < -0.4 is 10.6 Å². The Morgan fingerprint density at radius 1 is 1.18 bits per heavy atom. The number of likely N-dealkylation sites (tertiary alicyclic amines) is 1. The Hall–Kier alpha value is -3.59. The molecule has 0 radical (unpaired) electrons. The molecule has 2 heterocycles. The molecule has 1 saturated carbocycles. The fraction of sp³-hybridized carbons (Fsp3) is 0.400. The normalized spacial score (nSPS) is 23.3. The summed E-state index contributed by atoms with van der Waals surface area (Å²) in [4.78, 5) is 43.3. The quantitative estimate of drug-likeness (QED) is 0.415. The van der Waals surface area contributed by atoms with E-state index in [0.717, 1.165) is 6.42 Å². The van der Waals surface area contributed by atoms with Gasteiger partial charge in [0, 0.05) is 49.7 Å². The van der Waals surface area contributed by atoms with Gasteiger partial charge in [0.2, 0.25) is 11.8 Å². The van der Waals surface area contributed by atoms with Crippen LogP contribution in [0.2, 0.25) is 0 Å². The van der Waals surface area contributed by atoms with E-state index in [-0.39, 0.29) is 48.6 Å². The van der Waals surface area contributed by atoms with Gasteiger partial charge in [-0.05, 0) is 24.5 Å². The zero-order valence-corrected chi connectivity index (χ0v) is 19.0. The van der Waals surface area contributed by atoms with Crippen molar-refractivity contribution >= 4 is 29.0 Å². The first-order valence-corrected chi connectivity index (χ1v) is 11.4. The molecule has 1 aliphatic heterocycles. The number of pyridine rings is 1. The van der Waals surface area contributed by atoms with Gasteiger partial charge < -0.3 is 20.6 Å². The van der Waals surface area contributed by atoms with Gasteiger partial charge in [-0.25, -0.2) is 0 Å². The molecule has 1 aromatic carbocycles. The topological polar surface area (TPSA) is 135 Å². The lowest BCUT2D eigenvalue weighted by atomic mass is 10.1. The van der Waals surface area contributed by atoms with E-state index in [1.165, 1.54) is 29.8 Å². The summed E-state index contributed by atoms with van der Waals surface area (Å²) in [6.45, 7) is 1.38. The van der Waals surface area contributed by atoms with Crippen LogP contribution >= 0.6 is 0 Å². The van der Waals surface area contributed by atoms with Crippen LogP contribution in [-0.2, 0) is 14.4 Å². The third-order valence-corrected chi connectivity index (χ3v) is 6.49. The van der Waals surface area contributed by atoms with E-state index >= 15 is 0 Å². The summed E-state index contributed by atoms with van der Waals surface area (Å²) in [6, 6.07) is 11.0. The van der Waals surface area contributed by atoms with Crippen LogP contribution in [0.25, 0.3) is 0 Å². The summed E-state index contributed by atoms with van der Waals surface area (Å²) in [7, 11) is 0. The highest BCUT2D eigenvalue weighted by molar-refractivity contribution is 6.45. The number of ketones is 1. The first kappa shape index (κ1) is 23.6. The summed E-state index contributed by atoms with van der Waals surface area (Å²) in [5.74, 6) is -0.768. The van der Waals surface area contributed by atoms with Crippen LogP contribution in [0.5, 0.6) is 0 Å². The van der Waals surface area contributed by atoms with E-state index in [4.69, 9.17) is 5.41 Å². The second kappa shape index (κ2) is 10.1. The Labute approximate surface area is 198 Å². The molecule has 0 bridgehead atoms. The number of carbonyl (C=O) groups excluding carboxylic acids is 3. The molecular weight excluding hydrogens is 434 g/mol. The second-order valence-corrected chi connectivity index (χ2v) is 8.92. The van der Waals surface area contributed by atoms with Gasteiger partial charge in [0.25, 0.3) is 0 Å². The number of aliphatic hydroxyl groups is 1. The molecule has 2 aromatic rings. The Morgan fingerprint density at radius 2 is 1.94 bits per heavy atom. The van der Waals surface area contributed by atoms with E-state index < -0.39 is 11.8 Å². The van der Waals surface area contributed by atoms with Crippen LogP contribution in [0.1, 0.15) is 36.8 Å². The Morgan fingerprint density at radius 3 is 2.65 bits per heavy atom. The number of rotatable bonds is 9. The number of hydrogen-bond donors (Lipinski definition) is 4. The minimum Gasteiger partial charge on any atom is -0.396 e. The van der Waals surface area contributed by atoms with Crippen molar-refractivity contribution in [3.63, 3.8) is 0 Å². The minimum atomic E-state index is -0.646. The first-order valence-electron chi connectivity index (χ1n) is 11.4. The van der Waals surface area contributed by atoms with Crippen molar-refractivity contribution in [2.75, 3.05) is 25.0 Å². The van der Waals surface area contributed by atoms with Crippen LogP contribution in [0.3, 0.4) is 0 Å². The van der Waals surface area contributed by atoms with Crippen LogP contribution in [0.4, 0.5) is 5.69 Å². The summed E-state index contributed by atoms with van der Waals surface area (Å²) >= 11 is 0. The number of aromatic nitrogens is 1. The largest absolute Gasteiger partial charge is 0.396 e. The Bertz CT molecular complexity index is 1090. The summed E-state index contributed by atoms with van der Waals surface area (Å²) in [5, 5.41) is 23.7. The van der Waals surface area contributed by atoms with E-state index in [1.807, 2.05) is 30.3 Å². The van der Waals surface area contributed by atoms with E-state index in [1.54, 1.807) is 6.07 Å². The van der Waals surface area contributed by atoms with Crippen LogP contribution in [0.15, 0.2) is 48.8 Å². The average Bonchev–Trinajstić information content (AvgIpc) is 3.47. The number of benzene rings is 1. The highest BCUT2D eigenvalue weighted by Gasteiger charge is 2.44. The van der Waals surface area contributed by atoms with Gasteiger partial charge in [-0.3, -0.25) is 24.8 Å². The van der Waals surface area contributed by atoms with Gasteiger partial charge in [-0.2, -0.15) is 0 Å². The second-order valence-electron chi connectivity index (χ2n) is 8.92. The number of nitrogens with one attached hydrogen (secondary N) is 3. The molecule has 0 spiro atoms. The molecule has 9 nitrogen and oxygen atoms in total. The van der Waals surface area contributed by atoms with Crippen molar-refractivity contribution in [2.45, 2.75) is 37.8 Å². The molecule has 1 aliphatic carbocycles. The minimum absolute atomic E-state index is 0.0497. The molecule has 4 atom stereocenters. The SMILES string of the molecule is CC(=O)C(=N)c1ccncc1NCC(=O)N1C[C@@H](CO)C[C@H]1C(=O)N[C@@H]1C[C@H]1c1ccccc1. The number of nitrogens with zero attached hydrogens (tertiary/aromatic N) is 2. The van der Waals surface area contributed by atoms with Crippen molar-refractivity contribution in [2.24, 2.45) is 5.92 Å². The van der Waals surface area contributed by atoms with Crippen molar-refractivity contribution < 1.29 is 19.5 Å². The van der Waals surface area contributed by atoms with Crippen molar-refractivity contribution in [1.82, 2.24) is 15.2 Å². The fourth-order valence-electron chi connectivity index (χ4n) is 4.50. The van der Waals surface area contributed by atoms with Gasteiger partial charge >= 0.3 is 0 Å². The van der Waals surface area contributed by atoms with Gasteiger partial charge in [0.1, 0.15) is 11.8 Å². The van der Waals surface area contributed by atoms with Gasteiger partial charge in [0.15, 0.2) is 5.78 Å². The molecule has 2 aliphatic rings. The van der Waals surface area contributed by atoms with Crippen LogP contribution in [0, 0.1) is 11.3 Å². The lowest BCUT2D eigenvalue weighted by molar-refractivity contribution is -0.137. The summed E-state index contributed by atoms with van der Waals surface area (Å²) in [6.07, 6.45) is 4.21. The molecule has 0 unspecified atom stereocenters. The lowest BCUT2D eigenvalue weighted by Gasteiger charge is -2.24. The summed E-state index contributed by atoms with van der Waals surface area (Å²) < 4.78 is 0. The Balaban J connectivity index is 1.39. The molecule has 9 heteroatoms. The third-order valence-electron chi connectivity index (χ3n) is 6.49. The molecular formula is C25H29N5O4. The predicted molar refractivity (Wildman–Crippen MR) is 127 cm³/mol. The zero-order chi connectivity index (χ0) is 24.2. The number of hydrogen-bond acceptors (Lipinski definition) is 7. The molecule has 2 fully saturated rings. The summed E-state index contributed by atoms with van der Waals surface area (Å²) in [5.41, 5.74) is 1.78. The van der Waals surface area contributed by atoms with Gasteiger partial charge in [-0.1, -0.05) is 30.3 Å². The standard InChI is InChI=1S/C25H29N5O4/c1-15(32)24(26)18-7-8-27-11-21(18)28-12-23(33)30-13-16(14-31)9-22(30)25(34)29-20-10-19(20)17-5-3-2-4-6-17/h2-8,11,16,19-20,22,26,28,31H,9-10,12-14H2,1H3,(H,29,34)/t16-,19-,20+,22-/m0/s1. The average molecular weight is 464 g/mol. The number of aliphatic hydroxyl groups excluding tert-OH is 1. The molecule has 34 heavy (non-hydrogen) atoms. The maximum Gasteiger partial charge on any atom is 0.243 e. The van der Waals surface area contributed by atoms with E-state index in [0.29, 0.717) is 24.2 Å². The van der Waals surface area contributed by atoms with Crippen LogP contribution in [-0.4, -0.2) is 70.1 Å². The lowest BCUT2D eigenvalue weighted by Crippen LogP contribution is -2.48. The number of carbonyl (C=O) groups is 3. The predicted octanol–water partition coefficient (Wildman–Crippen LogP) is 1.33. The van der Waals surface area contributed by atoms with E-state index in [9.17, 15) is 19.5 Å². The number of anilines is 1. The van der Waals surface area contributed by atoms with Gasteiger partial charge in [0.05, 0.1) is 18.4 Å². The number of amides is 2. The van der Waals surface area contributed by atoms with E-state index in [2.05, 4.69) is 15.6 Å². The van der Waals surface area contributed by atoms with Crippen molar-refractivity contribution in [1.29, 1.82) is 5.41 Å².